The largest absolute Gasteiger partial charge is 0.379 e. The third-order valence-corrected chi connectivity index (χ3v) is 6.06. The lowest BCUT2D eigenvalue weighted by molar-refractivity contribution is -0.385. The molecule has 0 aliphatic heterocycles. The third kappa shape index (κ3) is 5.60. The number of hydrogen-bond donors (Lipinski definition) is 1. The molecule has 4 aromatic rings. The number of para-hydroxylation sites is 1. The molecule has 176 valence electrons. The Labute approximate surface area is 200 Å². The summed E-state index contributed by atoms with van der Waals surface area (Å²) in [6.45, 7) is 0. The van der Waals surface area contributed by atoms with Crippen LogP contribution >= 0.6 is 0 Å². The molecule has 4 rings (SSSR count). The SMILES string of the molecule is O=C(N/N=C\c1ccc(OS(=O)(=O)c2cccc([N+](=O)[O-])c2)cc1)c1ccccc1-n1cccc1. The Morgan fingerprint density at radius 1 is 0.971 bits per heavy atom. The van der Waals surface area contributed by atoms with Crippen molar-refractivity contribution in [1.82, 2.24) is 9.99 Å². The summed E-state index contributed by atoms with van der Waals surface area (Å²) in [6, 6.07) is 21.3. The predicted octanol–water partition coefficient (Wildman–Crippen LogP) is 3.92. The van der Waals surface area contributed by atoms with Crippen LogP contribution < -0.4 is 9.61 Å². The van der Waals surface area contributed by atoms with E-state index in [1.807, 2.05) is 41.2 Å². The highest BCUT2D eigenvalue weighted by molar-refractivity contribution is 7.87. The topological polar surface area (TPSA) is 133 Å². The quantitative estimate of drug-likeness (QED) is 0.172. The van der Waals surface area contributed by atoms with Gasteiger partial charge in [0.1, 0.15) is 10.6 Å². The number of nitrogens with zero attached hydrogens (tertiary/aromatic N) is 3. The zero-order valence-corrected chi connectivity index (χ0v) is 18.8. The Bertz CT molecular complexity index is 1500. The van der Waals surface area contributed by atoms with Crippen LogP contribution in [0.5, 0.6) is 5.75 Å². The number of carbonyl (C=O) groups excluding carboxylic acids is 1. The summed E-state index contributed by atoms with van der Waals surface area (Å²) in [4.78, 5) is 22.5. The molecule has 1 heterocycles. The number of nitrogens with one attached hydrogen (secondary N) is 1. The Morgan fingerprint density at radius 3 is 2.40 bits per heavy atom. The van der Waals surface area contributed by atoms with Gasteiger partial charge in [-0.05, 0) is 60.2 Å². The van der Waals surface area contributed by atoms with Gasteiger partial charge in [-0.3, -0.25) is 14.9 Å². The number of non-ortho nitro benzene ring substituents is 1. The number of carbonyl (C=O) groups is 1. The molecular formula is C24H18N4O6S. The van der Waals surface area contributed by atoms with Crippen molar-refractivity contribution in [2.45, 2.75) is 4.90 Å². The zero-order valence-electron chi connectivity index (χ0n) is 18.0. The van der Waals surface area contributed by atoms with E-state index in [0.717, 1.165) is 6.07 Å². The van der Waals surface area contributed by atoms with Gasteiger partial charge in [-0.2, -0.15) is 13.5 Å². The number of rotatable bonds is 8. The summed E-state index contributed by atoms with van der Waals surface area (Å²) >= 11 is 0. The fourth-order valence-corrected chi connectivity index (χ4v) is 4.12. The molecule has 0 atom stereocenters. The molecule has 1 amide bonds. The Morgan fingerprint density at radius 2 is 1.69 bits per heavy atom. The van der Waals surface area contributed by atoms with Crippen molar-refractivity contribution >= 4 is 27.9 Å². The molecule has 35 heavy (non-hydrogen) atoms. The molecule has 11 heteroatoms. The number of hydrogen-bond acceptors (Lipinski definition) is 7. The van der Waals surface area contributed by atoms with E-state index in [1.54, 1.807) is 24.3 Å². The first kappa shape index (κ1) is 23.4. The van der Waals surface area contributed by atoms with Gasteiger partial charge in [0.25, 0.3) is 11.6 Å². The van der Waals surface area contributed by atoms with Gasteiger partial charge >= 0.3 is 10.1 Å². The summed E-state index contributed by atoms with van der Waals surface area (Å²) in [5.74, 6) is -0.383. The molecule has 0 spiro atoms. The fraction of sp³-hybridized carbons (Fsp3) is 0. The molecule has 0 aliphatic rings. The second-order valence-electron chi connectivity index (χ2n) is 7.17. The van der Waals surface area contributed by atoms with E-state index in [2.05, 4.69) is 10.5 Å². The number of nitro benzene ring substituents is 1. The van der Waals surface area contributed by atoms with Crippen LogP contribution in [-0.2, 0) is 10.1 Å². The van der Waals surface area contributed by atoms with E-state index in [0.29, 0.717) is 16.8 Å². The van der Waals surface area contributed by atoms with E-state index < -0.39 is 20.9 Å². The maximum Gasteiger partial charge on any atom is 0.339 e. The number of benzene rings is 3. The lowest BCUT2D eigenvalue weighted by Crippen LogP contribution is -2.19. The highest BCUT2D eigenvalue weighted by Crippen LogP contribution is 2.22. The molecule has 0 saturated heterocycles. The monoisotopic (exact) mass is 490 g/mol. The Hall–Kier alpha value is -4.77. The van der Waals surface area contributed by atoms with Crippen LogP contribution in [0.1, 0.15) is 15.9 Å². The minimum atomic E-state index is -4.26. The molecule has 3 aromatic carbocycles. The van der Waals surface area contributed by atoms with Crippen LogP contribution in [0, 0.1) is 10.1 Å². The van der Waals surface area contributed by atoms with Crippen LogP contribution in [0.25, 0.3) is 5.69 Å². The molecule has 0 fully saturated rings. The van der Waals surface area contributed by atoms with Gasteiger partial charge in [0.2, 0.25) is 0 Å². The van der Waals surface area contributed by atoms with Crippen LogP contribution in [0.4, 0.5) is 5.69 Å². The summed E-state index contributed by atoms with van der Waals surface area (Å²) in [7, 11) is -4.26. The van der Waals surface area contributed by atoms with Gasteiger partial charge in [-0.1, -0.05) is 18.2 Å². The number of aromatic nitrogens is 1. The summed E-state index contributed by atoms with van der Waals surface area (Å²) in [6.07, 6.45) is 5.06. The van der Waals surface area contributed by atoms with Crippen LogP contribution in [0.15, 0.2) is 107 Å². The number of hydrazone groups is 1. The molecule has 0 bridgehead atoms. The zero-order chi connectivity index (χ0) is 24.8. The molecule has 0 unspecified atom stereocenters. The standard InChI is InChI=1S/C24H18N4O6S/c29-24(22-8-1-2-9-23(22)27-14-3-4-15-27)26-25-17-18-10-12-20(13-11-18)34-35(32,33)21-7-5-6-19(16-21)28(30)31/h1-17H,(H,26,29)/b25-17-. The summed E-state index contributed by atoms with van der Waals surface area (Å²) < 4.78 is 31.7. The van der Waals surface area contributed by atoms with Gasteiger partial charge in [0.15, 0.2) is 0 Å². The second kappa shape index (κ2) is 10.0. The molecule has 0 aliphatic carbocycles. The van der Waals surface area contributed by atoms with E-state index in [-0.39, 0.29) is 16.3 Å². The number of nitro groups is 1. The third-order valence-electron chi connectivity index (χ3n) is 4.81. The second-order valence-corrected chi connectivity index (χ2v) is 8.71. The summed E-state index contributed by atoms with van der Waals surface area (Å²) in [5, 5.41) is 14.8. The van der Waals surface area contributed by atoms with Gasteiger partial charge in [0.05, 0.1) is 22.4 Å². The molecular weight excluding hydrogens is 472 g/mol. The molecule has 0 radical (unpaired) electrons. The van der Waals surface area contributed by atoms with Crippen molar-refractivity contribution in [1.29, 1.82) is 0 Å². The highest BCUT2D eigenvalue weighted by Gasteiger charge is 2.20. The first-order valence-corrected chi connectivity index (χ1v) is 11.6. The maximum absolute atomic E-state index is 12.6. The molecule has 1 N–H and O–H groups in total. The van der Waals surface area contributed by atoms with Crippen LogP contribution in [0.3, 0.4) is 0 Å². The van der Waals surface area contributed by atoms with Crippen molar-refractivity contribution in [3.8, 4) is 11.4 Å². The highest BCUT2D eigenvalue weighted by atomic mass is 32.2. The van der Waals surface area contributed by atoms with Gasteiger partial charge in [-0.15, -0.1) is 0 Å². The molecule has 1 aromatic heterocycles. The first-order valence-electron chi connectivity index (χ1n) is 10.2. The average molecular weight is 490 g/mol. The van der Waals surface area contributed by atoms with E-state index in [1.165, 1.54) is 36.5 Å². The first-order chi connectivity index (χ1) is 16.8. The lowest BCUT2D eigenvalue weighted by atomic mass is 10.1. The molecule has 0 saturated carbocycles. The van der Waals surface area contributed by atoms with Crippen LogP contribution in [0.2, 0.25) is 0 Å². The van der Waals surface area contributed by atoms with E-state index >= 15 is 0 Å². The smallest absolute Gasteiger partial charge is 0.339 e. The van der Waals surface area contributed by atoms with Crippen molar-refractivity contribution < 1.29 is 22.3 Å². The molecule has 10 nitrogen and oxygen atoms in total. The Balaban J connectivity index is 1.41. The van der Waals surface area contributed by atoms with Crippen molar-refractivity contribution in [3.05, 3.63) is 119 Å². The lowest BCUT2D eigenvalue weighted by Gasteiger charge is -2.09. The van der Waals surface area contributed by atoms with Crippen molar-refractivity contribution in [2.24, 2.45) is 5.10 Å². The predicted molar refractivity (Wildman–Crippen MR) is 128 cm³/mol. The van der Waals surface area contributed by atoms with Gasteiger partial charge in [0, 0.05) is 24.5 Å². The summed E-state index contributed by atoms with van der Waals surface area (Å²) in [5.41, 5.74) is 3.83. The average Bonchev–Trinajstić information content (AvgIpc) is 3.40. The minimum Gasteiger partial charge on any atom is -0.379 e. The van der Waals surface area contributed by atoms with Crippen molar-refractivity contribution in [3.63, 3.8) is 0 Å². The fourth-order valence-electron chi connectivity index (χ4n) is 3.15. The van der Waals surface area contributed by atoms with Crippen molar-refractivity contribution in [2.75, 3.05) is 0 Å². The maximum atomic E-state index is 12.6. The Kier molecular flexibility index (Phi) is 6.69. The van der Waals surface area contributed by atoms with E-state index in [4.69, 9.17) is 4.18 Å². The van der Waals surface area contributed by atoms with Gasteiger partial charge < -0.3 is 8.75 Å². The van der Waals surface area contributed by atoms with E-state index in [9.17, 15) is 23.3 Å². The number of amides is 1. The van der Waals surface area contributed by atoms with Gasteiger partial charge in [-0.25, -0.2) is 5.43 Å². The normalized spacial score (nSPS) is 11.3. The van der Waals surface area contributed by atoms with Crippen LogP contribution in [-0.4, -0.2) is 30.0 Å². The minimum absolute atomic E-state index is 0.0124.